The minimum absolute atomic E-state index is 0.687. The van der Waals surface area contributed by atoms with Crippen molar-refractivity contribution in [2.75, 3.05) is 14.1 Å². The van der Waals surface area contributed by atoms with Crippen LogP contribution >= 0.6 is 0 Å². The summed E-state index contributed by atoms with van der Waals surface area (Å²) in [6, 6.07) is 3.86. The molecule has 0 N–H and O–H groups in total. The first kappa shape index (κ1) is 11.8. The van der Waals surface area contributed by atoms with Crippen molar-refractivity contribution in [2.24, 2.45) is 11.0 Å². The number of hydrogen-bond acceptors (Lipinski definition) is 3. The van der Waals surface area contributed by atoms with Crippen molar-refractivity contribution in [3.8, 4) is 0 Å². The molecule has 0 aliphatic carbocycles. The smallest absolute Gasteiger partial charge is 0.149 e. The Morgan fingerprint density at radius 1 is 1.47 bits per heavy atom. The van der Waals surface area contributed by atoms with E-state index in [1.54, 1.807) is 6.26 Å². The fourth-order valence-corrected chi connectivity index (χ4v) is 1.33. The zero-order chi connectivity index (χ0) is 11.3. The van der Waals surface area contributed by atoms with Gasteiger partial charge >= 0.3 is 0 Å². The molecule has 0 aromatic carbocycles. The minimum Gasteiger partial charge on any atom is -0.463 e. The Labute approximate surface area is 91.8 Å². The van der Waals surface area contributed by atoms with E-state index < -0.39 is 0 Å². The maximum Gasteiger partial charge on any atom is 0.149 e. The lowest BCUT2D eigenvalue weighted by Crippen LogP contribution is -2.10. The van der Waals surface area contributed by atoms with E-state index in [9.17, 15) is 0 Å². The largest absolute Gasteiger partial charge is 0.463 e. The molecule has 0 bridgehead atoms. The molecule has 1 rings (SSSR count). The van der Waals surface area contributed by atoms with Gasteiger partial charge in [-0.15, -0.1) is 0 Å². The molecule has 0 aliphatic rings. The summed E-state index contributed by atoms with van der Waals surface area (Å²) in [7, 11) is 3.86. The van der Waals surface area contributed by atoms with Crippen molar-refractivity contribution in [3.05, 3.63) is 24.2 Å². The van der Waals surface area contributed by atoms with Crippen LogP contribution in [0.5, 0.6) is 0 Å². The Bertz CT molecular complexity index is 299. The van der Waals surface area contributed by atoms with E-state index in [-0.39, 0.29) is 0 Å². The molecule has 15 heavy (non-hydrogen) atoms. The molecule has 0 saturated heterocycles. The quantitative estimate of drug-likeness (QED) is 0.550. The monoisotopic (exact) mass is 208 g/mol. The van der Waals surface area contributed by atoms with Gasteiger partial charge in [-0.05, 0) is 30.9 Å². The summed E-state index contributed by atoms with van der Waals surface area (Å²) in [6.07, 6.45) is 3.78. The van der Waals surface area contributed by atoms with E-state index in [2.05, 4.69) is 18.9 Å². The average molecular weight is 208 g/mol. The van der Waals surface area contributed by atoms with Crippen LogP contribution in [0.2, 0.25) is 0 Å². The first-order chi connectivity index (χ1) is 7.09. The van der Waals surface area contributed by atoms with E-state index in [0.29, 0.717) is 5.92 Å². The van der Waals surface area contributed by atoms with Gasteiger partial charge in [-0.3, -0.25) is 0 Å². The van der Waals surface area contributed by atoms with Crippen molar-refractivity contribution in [2.45, 2.75) is 26.7 Å². The molecule has 3 heteroatoms. The minimum atomic E-state index is 0.687. The first-order valence-electron chi connectivity index (χ1n) is 5.38. The summed E-state index contributed by atoms with van der Waals surface area (Å²) >= 11 is 0. The molecule has 0 atom stereocenters. The maximum atomic E-state index is 5.37. The zero-order valence-corrected chi connectivity index (χ0v) is 10.0. The van der Waals surface area contributed by atoms with Gasteiger partial charge in [-0.25, -0.2) is 0 Å². The van der Waals surface area contributed by atoms with Gasteiger partial charge < -0.3 is 9.43 Å². The zero-order valence-electron chi connectivity index (χ0n) is 10.0. The Hall–Kier alpha value is -1.25. The summed E-state index contributed by atoms with van der Waals surface area (Å²) in [4.78, 5) is 0. The molecule has 0 unspecified atom stereocenters. The van der Waals surface area contributed by atoms with Gasteiger partial charge in [0.05, 0.1) is 6.26 Å². The number of furan rings is 1. The van der Waals surface area contributed by atoms with Gasteiger partial charge in [-0.1, -0.05) is 13.8 Å². The fourth-order valence-electron chi connectivity index (χ4n) is 1.33. The summed E-state index contributed by atoms with van der Waals surface area (Å²) in [5, 5.41) is 6.27. The Morgan fingerprint density at radius 3 is 2.67 bits per heavy atom. The first-order valence-corrected chi connectivity index (χ1v) is 5.38. The molecule has 1 aromatic heterocycles. The molecule has 0 aliphatic heterocycles. The molecule has 0 amide bonds. The molecule has 3 nitrogen and oxygen atoms in total. The molecular formula is C12H20N2O. The van der Waals surface area contributed by atoms with Gasteiger partial charge in [0.15, 0.2) is 0 Å². The molecule has 0 radical (unpaired) electrons. The summed E-state index contributed by atoms with van der Waals surface area (Å²) < 4.78 is 5.37. The van der Waals surface area contributed by atoms with E-state index >= 15 is 0 Å². The lowest BCUT2D eigenvalue weighted by atomic mass is 10.0. The molecule has 1 heterocycles. The summed E-state index contributed by atoms with van der Waals surface area (Å²) in [5.41, 5.74) is 1.03. The highest BCUT2D eigenvalue weighted by Gasteiger charge is 2.08. The van der Waals surface area contributed by atoms with Crippen molar-refractivity contribution in [1.82, 2.24) is 5.01 Å². The van der Waals surface area contributed by atoms with Gasteiger partial charge in [0, 0.05) is 14.1 Å². The highest BCUT2D eigenvalue weighted by Crippen LogP contribution is 2.12. The number of rotatable bonds is 5. The Kier molecular flexibility index (Phi) is 4.40. The van der Waals surface area contributed by atoms with Gasteiger partial charge in [0.25, 0.3) is 0 Å². The second kappa shape index (κ2) is 5.59. The molecule has 1 aromatic rings. The summed E-state index contributed by atoms with van der Waals surface area (Å²) in [6.45, 7) is 4.44. The van der Waals surface area contributed by atoms with Crippen LogP contribution in [-0.2, 0) is 0 Å². The van der Waals surface area contributed by atoms with Gasteiger partial charge in [0.2, 0.25) is 0 Å². The van der Waals surface area contributed by atoms with Crippen LogP contribution < -0.4 is 0 Å². The molecular weight excluding hydrogens is 188 g/mol. The van der Waals surface area contributed by atoms with E-state index in [4.69, 9.17) is 4.42 Å². The number of hydrazone groups is 1. The lowest BCUT2D eigenvalue weighted by molar-refractivity contribution is 0.431. The van der Waals surface area contributed by atoms with Crippen molar-refractivity contribution in [3.63, 3.8) is 0 Å². The lowest BCUT2D eigenvalue weighted by Gasteiger charge is -2.10. The van der Waals surface area contributed by atoms with E-state index in [1.807, 2.05) is 31.2 Å². The highest BCUT2D eigenvalue weighted by molar-refractivity contribution is 5.97. The second-order valence-corrected chi connectivity index (χ2v) is 4.30. The van der Waals surface area contributed by atoms with E-state index in [1.165, 1.54) is 0 Å². The third-order valence-electron chi connectivity index (χ3n) is 2.08. The molecule has 84 valence electrons. The van der Waals surface area contributed by atoms with Crippen LogP contribution in [0, 0.1) is 5.92 Å². The average Bonchev–Trinajstić information content (AvgIpc) is 2.63. The molecule has 0 saturated carbocycles. The fraction of sp³-hybridized carbons (Fsp3) is 0.583. The van der Waals surface area contributed by atoms with Crippen molar-refractivity contribution < 1.29 is 4.42 Å². The van der Waals surface area contributed by atoms with Gasteiger partial charge in [0.1, 0.15) is 11.5 Å². The normalized spacial score (nSPS) is 12.2. The van der Waals surface area contributed by atoms with Crippen molar-refractivity contribution >= 4 is 5.71 Å². The highest BCUT2D eigenvalue weighted by atomic mass is 16.3. The maximum absolute atomic E-state index is 5.37. The van der Waals surface area contributed by atoms with Crippen LogP contribution in [0.3, 0.4) is 0 Å². The SMILES string of the molecule is CC(C)CC/C(=N\N(C)C)c1ccco1. The topological polar surface area (TPSA) is 28.7 Å². The van der Waals surface area contributed by atoms with Crippen LogP contribution in [0.1, 0.15) is 32.4 Å². The number of hydrogen-bond donors (Lipinski definition) is 0. The number of nitrogens with zero attached hydrogens (tertiary/aromatic N) is 2. The Balaban J connectivity index is 2.71. The van der Waals surface area contributed by atoms with Gasteiger partial charge in [-0.2, -0.15) is 5.10 Å². The summed E-state index contributed by atoms with van der Waals surface area (Å²) in [5.74, 6) is 1.57. The van der Waals surface area contributed by atoms with E-state index in [0.717, 1.165) is 24.3 Å². The third kappa shape index (κ3) is 4.19. The van der Waals surface area contributed by atoms with Crippen LogP contribution in [0.25, 0.3) is 0 Å². The Morgan fingerprint density at radius 2 is 2.20 bits per heavy atom. The molecule has 0 spiro atoms. The predicted octanol–water partition coefficient (Wildman–Crippen LogP) is 2.98. The van der Waals surface area contributed by atoms with Crippen LogP contribution in [0.4, 0.5) is 0 Å². The second-order valence-electron chi connectivity index (χ2n) is 4.30. The molecule has 0 fully saturated rings. The third-order valence-corrected chi connectivity index (χ3v) is 2.08. The van der Waals surface area contributed by atoms with Crippen molar-refractivity contribution in [1.29, 1.82) is 0 Å². The standard InChI is InChI=1S/C12H20N2O/c1-10(2)7-8-11(13-14(3)4)12-6-5-9-15-12/h5-6,9-10H,7-8H2,1-4H3/b13-11+. The van der Waals surface area contributed by atoms with Crippen LogP contribution in [0.15, 0.2) is 27.9 Å². The predicted molar refractivity (Wildman–Crippen MR) is 63.0 cm³/mol. The van der Waals surface area contributed by atoms with Crippen LogP contribution in [-0.4, -0.2) is 24.8 Å².